The molecule has 3 heteroatoms. The first kappa shape index (κ1) is 9.59. The molecule has 1 aliphatic carbocycles. The summed E-state index contributed by atoms with van der Waals surface area (Å²) in [6.45, 7) is -0.0911. The number of hydrogen-bond acceptors (Lipinski definition) is 1. The van der Waals surface area contributed by atoms with Gasteiger partial charge in [0.2, 0.25) is 0 Å². The summed E-state index contributed by atoms with van der Waals surface area (Å²) in [6.07, 6.45) is 0.531. The van der Waals surface area contributed by atoms with Crippen LogP contribution < -0.4 is 0 Å². The van der Waals surface area contributed by atoms with Gasteiger partial charge in [0.25, 0.3) is 5.92 Å². The topological polar surface area (TPSA) is 20.2 Å². The molecular formula is C11H12F2O. The van der Waals surface area contributed by atoms with E-state index in [0.29, 0.717) is 17.5 Å². The number of rotatable bonds is 2. The van der Waals surface area contributed by atoms with Crippen LogP contribution in [0.2, 0.25) is 0 Å². The third-order valence-corrected chi connectivity index (χ3v) is 2.81. The van der Waals surface area contributed by atoms with E-state index in [1.165, 1.54) is 0 Å². The summed E-state index contributed by atoms with van der Waals surface area (Å²) in [4.78, 5) is 0. The lowest BCUT2D eigenvalue weighted by Crippen LogP contribution is -2.36. The molecule has 76 valence electrons. The second-order valence-electron chi connectivity index (χ2n) is 3.76. The number of aliphatic hydroxyl groups is 1. The van der Waals surface area contributed by atoms with E-state index in [1.54, 1.807) is 24.3 Å². The van der Waals surface area contributed by atoms with Gasteiger partial charge in [-0.1, -0.05) is 24.3 Å². The summed E-state index contributed by atoms with van der Waals surface area (Å²) in [5.41, 5.74) is 1.35. The summed E-state index contributed by atoms with van der Waals surface area (Å²) >= 11 is 0. The van der Waals surface area contributed by atoms with Gasteiger partial charge >= 0.3 is 0 Å². The van der Waals surface area contributed by atoms with Gasteiger partial charge in [0.1, 0.15) is 0 Å². The SMILES string of the molecule is OCc1cccc(C2CCC2(F)F)c1. The fourth-order valence-electron chi connectivity index (χ4n) is 1.83. The first-order valence-corrected chi connectivity index (χ1v) is 4.71. The number of halogens is 2. The number of benzene rings is 1. The average Bonchev–Trinajstić information content (AvgIpc) is 2.17. The van der Waals surface area contributed by atoms with Gasteiger partial charge in [-0.2, -0.15) is 0 Å². The minimum atomic E-state index is -2.55. The molecule has 0 heterocycles. The van der Waals surface area contributed by atoms with E-state index in [0.717, 1.165) is 0 Å². The van der Waals surface area contributed by atoms with Gasteiger partial charge < -0.3 is 5.11 Å². The lowest BCUT2D eigenvalue weighted by Gasteiger charge is -2.36. The molecule has 1 atom stereocenters. The van der Waals surface area contributed by atoms with Crippen LogP contribution in [0.1, 0.15) is 29.9 Å². The van der Waals surface area contributed by atoms with Crippen LogP contribution >= 0.6 is 0 Å². The summed E-state index contributed by atoms with van der Waals surface area (Å²) in [6, 6.07) is 6.82. The zero-order valence-electron chi connectivity index (χ0n) is 7.71. The fourth-order valence-corrected chi connectivity index (χ4v) is 1.83. The normalized spacial score (nSPS) is 24.4. The summed E-state index contributed by atoms with van der Waals surface area (Å²) in [7, 11) is 0. The Morgan fingerprint density at radius 2 is 2.21 bits per heavy atom. The van der Waals surface area contributed by atoms with Crippen LogP contribution in [0.15, 0.2) is 24.3 Å². The second kappa shape index (κ2) is 3.31. The molecule has 1 saturated carbocycles. The Morgan fingerprint density at radius 3 is 2.71 bits per heavy atom. The lowest BCUT2D eigenvalue weighted by atomic mass is 9.76. The van der Waals surface area contributed by atoms with Gasteiger partial charge in [0.05, 0.1) is 6.61 Å². The quantitative estimate of drug-likeness (QED) is 0.774. The third kappa shape index (κ3) is 1.52. The average molecular weight is 198 g/mol. The van der Waals surface area contributed by atoms with Crippen molar-refractivity contribution in [3.8, 4) is 0 Å². The van der Waals surface area contributed by atoms with Crippen LogP contribution in [0.25, 0.3) is 0 Å². The monoisotopic (exact) mass is 198 g/mol. The van der Waals surface area contributed by atoms with Gasteiger partial charge in [-0.3, -0.25) is 0 Å². The van der Waals surface area contributed by atoms with Crippen LogP contribution in [0.3, 0.4) is 0 Å². The molecule has 0 aromatic heterocycles. The van der Waals surface area contributed by atoms with E-state index in [4.69, 9.17) is 5.11 Å². The highest BCUT2D eigenvalue weighted by Gasteiger charge is 2.48. The highest BCUT2D eigenvalue weighted by Crippen LogP contribution is 2.49. The Kier molecular flexibility index (Phi) is 2.27. The maximum Gasteiger partial charge on any atom is 0.254 e. The fraction of sp³-hybridized carbons (Fsp3) is 0.455. The smallest absolute Gasteiger partial charge is 0.254 e. The van der Waals surface area contributed by atoms with E-state index in [9.17, 15) is 8.78 Å². The van der Waals surface area contributed by atoms with Crippen molar-refractivity contribution < 1.29 is 13.9 Å². The number of alkyl halides is 2. The Labute approximate surface area is 81.4 Å². The van der Waals surface area contributed by atoms with Gasteiger partial charge in [-0.15, -0.1) is 0 Å². The Bertz CT molecular complexity index is 336. The molecule has 1 fully saturated rings. The molecule has 0 saturated heterocycles. The maximum absolute atomic E-state index is 13.1. The summed E-state index contributed by atoms with van der Waals surface area (Å²) in [5, 5.41) is 8.88. The van der Waals surface area contributed by atoms with Gasteiger partial charge in [0.15, 0.2) is 0 Å². The molecule has 0 amide bonds. The van der Waals surface area contributed by atoms with Crippen molar-refractivity contribution in [2.45, 2.75) is 31.3 Å². The molecule has 1 N–H and O–H groups in total. The number of aliphatic hydroxyl groups excluding tert-OH is 1. The first-order valence-electron chi connectivity index (χ1n) is 4.71. The van der Waals surface area contributed by atoms with Crippen molar-refractivity contribution in [2.75, 3.05) is 0 Å². The molecule has 2 rings (SSSR count). The summed E-state index contributed by atoms with van der Waals surface area (Å²) < 4.78 is 26.1. The van der Waals surface area contributed by atoms with Crippen LogP contribution in [-0.4, -0.2) is 11.0 Å². The molecule has 1 aromatic rings. The predicted molar refractivity (Wildman–Crippen MR) is 49.3 cm³/mol. The van der Waals surface area contributed by atoms with E-state index < -0.39 is 11.8 Å². The zero-order valence-corrected chi connectivity index (χ0v) is 7.71. The Morgan fingerprint density at radius 1 is 1.43 bits per heavy atom. The zero-order chi connectivity index (χ0) is 10.2. The third-order valence-electron chi connectivity index (χ3n) is 2.81. The molecule has 0 radical (unpaired) electrons. The number of hydrogen-bond donors (Lipinski definition) is 1. The first-order chi connectivity index (χ1) is 6.63. The van der Waals surface area contributed by atoms with E-state index in [2.05, 4.69) is 0 Å². The van der Waals surface area contributed by atoms with Gasteiger partial charge in [0, 0.05) is 12.3 Å². The predicted octanol–water partition coefficient (Wildman–Crippen LogP) is 2.69. The van der Waals surface area contributed by atoms with Crippen molar-refractivity contribution in [3.63, 3.8) is 0 Å². The van der Waals surface area contributed by atoms with E-state index in [-0.39, 0.29) is 13.0 Å². The van der Waals surface area contributed by atoms with Crippen molar-refractivity contribution in [1.29, 1.82) is 0 Å². The molecule has 0 bridgehead atoms. The molecule has 1 aliphatic rings. The van der Waals surface area contributed by atoms with Crippen molar-refractivity contribution in [1.82, 2.24) is 0 Å². The lowest BCUT2D eigenvalue weighted by molar-refractivity contribution is -0.0962. The Hall–Kier alpha value is -0.960. The van der Waals surface area contributed by atoms with Crippen molar-refractivity contribution in [2.24, 2.45) is 0 Å². The van der Waals surface area contributed by atoms with E-state index in [1.807, 2.05) is 0 Å². The largest absolute Gasteiger partial charge is 0.392 e. The molecule has 1 unspecified atom stereocenters. The van der Waals surface area contributed by atoms with Crippen LogP contribution in [0.5, 0.6) is 0 Å². The van der Waals surface area contributed by atoms with Crippen molar-refractivity contribution in [3.05, 3.63) is 35.4 Å². The Balaban J connectivity index is 2.24. The maximum atomic E-state index is 13.1. The molecule has 1 nitrogen and oxygen atoms in total. The molecular weight excluding hydrogens is 186 g/mol. The van der Waals surface area contributed by atoms with Crippen LogP contribution in [0.4, 0.5) is 8.78 Å². The molecule has 0 aliphatic heterocycles. The molecule has 0 spiro atoms. The van der Waals surface area contributed by atoms with Crippen LogP contribution in [0, 0.1) is 0 Å². The van der Waals surface area contributed by atoms with Crippen LogP contribution in [-0.2, 0) is 6.61 Å². The highest BCUT2D eigenvalue weighted by atomic mass is 19.3. The molecule has 14 heavy (non-hydrogen) atoms. The standard InChI is InChI=1S/C11H12F2O/c12-11(13)5-4-10(11)9-3-1-2-8(6-9)7-14/h1-3,6,10,14H,4-5,7H2. The molecule has 1 aromatic carbocycles. The minimum Gasteiger partial charge on any atom is -0.392 e. The second-order valence-corrected chi connectivity index (χ2v) is 3.76. The van der Waals surface area contributed by atoms with E-state index >= 15 is 0 Å². The van der Waals surface area contributed by atoms with Gasteiger partial charge in [-0.05, 0) is 17.5 Å². The van der Waals surface area contributed by atoms with Crippen molar-refractivity contribution >= 4 is 0 Å². The highest BCUT2D eigenvalue weighted by molar-refractivity contribution is 5.29. The minimum absolute atomic E-state index is 0.0129. The van der Waals surface area contributed by atoms with Gasteiger partial charge in [-0.25, -0.2) is 8.78 Å². The summed E-state index contributed by atoms with van der Waals surface area (Å²) in [5.74, 6) is -3.19.